The number of halogens is 1. The number of nitrogens with one attached hydrogen (secondary N) is 1. The highest BCUT2D eigenvalue weighted by Gasteiger charge is 2.12. The molecule has 3 rings (SSSR count). The number of benzene rings is 2. The Hall–Kier alpha value is -1.63. The van der Waals surface area contributed by atoms with Crippen LogP contribution in [0.4, 0.5) is 5.69 Å². The second-order valence-corrected chi connectivity index (χ2v) is 7.77. The van der Waals surface area contributed by atoms with Gasteiger partial charge in [0.25, 0.3) is 5.91 Å². The fourth-order valence-electron chi connectivity index (χ4n) is 2.16. The molecule has 0 spiro atoms. The van der Waals surface area contributed by atoms with E-state index in [2.05, 4.69) is 26.2 Å². The molecular weight excluding hydrogens is 404 g/mol. The molecule has 0 aliphatic rings. The van der Waals surface area contributed by atoms with Gasteiger partial charge in [0, 0.05) is 26.2 Å². The van der Waals surface area contributed by atoms with Gasteiger partial charge in [0.15, 0.2) is 0 Å². The van der Waals surface area contributed by atoms with Crippen molar-refractivity contribution in [2.24, 2.45) is 0 Å². The van der Waals surface area contributed by atoms with Crippen LogP contribution in [-0.4, -0.2) is 10.9 Å². The van der Waals surface area contributed by atoms with Gasteiger partial charge in [-0.15, -0.1) is 23.1 Å². The third-order valence-corrected chi connectivity index (χ3v) is 6.04. The minimum atomic E-state index is -0.0990. The number of carbonyl (C=O) groups is 1. The highest BCUT2D eigenvalue weighted by atomic mass is 79.9. The Morgan fingerprint density at radius 3 is 2.88 bits per heavy atom. The van der Waals surface area contributed by atoms with Crippen molar-refractivity contribution in [1.29, 1.82) is 0 Å². The van der Waals surface area contributed by atoms with E-state index in [4.69, 9.17) is 0 Å². The van der Waals surface area contributed by atoms with Gasteiger partial charge in [0.05, 0.1) is 16.8 Å². The number of aromatic nitrogens is 1. The maximum absolute atomic E-state index is 12.6. The largest absolute Gasteiger partial charge is 0.322 e. The van der Waals surface area contributed by atoms with Gasteiger partial charge < -0.3 is 5.32 Å². The highest BCUT2D eigenvalue weighted by Crippen LogP contribution is 2.27. The Bertz CT molecular complexity index is 850. The first-order valence-corrected chi connectivity index (χ1v) is 10.0. The van der Waals surface area contributed by atoms with Gasteiger partial charge in [-0.25, -0.2) is 4.98 Å². The smallest absolute Gasteiger partial charge is 0.256 e. The molecule has 0 saturated heterocycles. The van der Waals surface area contributed by atoms with E-state index in [-0.39, 0.29) is 5.91 Å². The van der Waals surface area contributed by atoms with Crippen molar-refractivity contribution in [2.45, 2.75) is 17.6 Å². The average molecular weight is 419 g/mol. The van der Waals surface area contributed by atoms with Crippen molar-refractivity contribution >= 4 is 50.6 Å². The minimum Gasteiger partial charge on any atom is -0.322 e. The van der Waals surface area contributed by atoms with Crippen LogP contribution in [0.1, 0.15) is 21.6 Å². The minimum absolute atomic E-state index is 0.0990. The monoisotopic (exact) mass is 418 g/mol. The van der Waals surface area contributed by atoms with Gasteiger partial charge in [-0.05, 0) is 42.8 Å². The summed E-state index contributed by atoms with van der Waals surface area (Å²) in [5, 5.41) is 5.00. The van der Waals surface area contributed by atoms with E-state index in [0.29, 0.717) is 5.56 Å². The van der Waals surface area contributed by atoms with Crippen molar-refractivity contribution < 1.29 is 4.79 Å². The third kappa shape index (κ3) is 4.26. The standard InChI is InChI=1S/C18H15BrN2OS2/c1-12-8-13(6-7-16(12)19)21-18(22)15-4-2-3-5-17(15)24-10-14-9-23-11-20-14/h2-9,11H,10H2,1H3,(H,21,22). The third-order valence-electron chi connectivity index (χ3n) is 3.41. The Balaban J connectivity index is 1.75. The molecule has 1 heterocycles. The molecule has 3 nitrogen and oxygen atoms in total. The molecule has 122 valence electrons. The number of hydrogen-bond donors (Lipinski definition) is 1. The molecular formula is C18H15BrN2OS2. The Morgan fingerprint density at radius 1 is 1.29 bits per heavy atom. The number of nitrogens with zero attached hydrogens (tertiary/aromatic N) is 1. The predicted molar refractivity (Wildman–Crippen MR) is 105 cm³/mol. The van der Waals surface area contributed by atoms with Crippen molar-refractivity contribution in [2.75, 3.05) is 5.32 Å². The fraction of sp³-hybridized carbons (Fsp3) is 0.111. The molecule has 0 aliphatic heterocycles. The first-order valence-electron chi connectivity index (χ1n) is 7.30. The van der Waals surface area contributed by atoms with Crippen LogP contribution in [0.5, 0.6) is 0 Å². The van der Waals surface area contributed by atoms with E-state index < -0.39 is 0 Å². The summed E-state index contributed by atoms with van der Waals surface area (Å²) in [5.41, 5.74) is 5.41. The van der Waals surface area contributed by atoms with Crippen LogP contribution in [0.25, 0.3) is 0 Å². The number of rotatable bonds is 5. The van der Waals surface area contributed by atoms with Gasteiger partial charge in [-0.2, -0.15) is 0 Å². The van der Waals surface area contributed by atoms with Crippen LogP contribution in [0.3, 0.4) is 0 Å². The molecule has 1 N–H and O–H groups in total. The van der Waals surface area contributed by atoms with Gasteiger partial charge in [-0.1, -0.05) is 28.1 Å². The Labute approximate surface area is 157 Å². The zero-order valence-corrected chi connectivity index (χ0v) is 16.2. The quantitative estimate of drug-likeness (QED) is 0.535. The molecule has 24 heavy (non-hydrogen) atoms. The van der Waals surface area contributed by atoms with E-state index in [1.54, 1.807) is 23.1 Å². The van der Waals surface area contributed by atoms with Crippen LogP contribution in [-0.2, 0) is 5.75 Å². The van der Waals surface area contributed by atoms with Crippen LogP contribution < -0.4 is 5.32 Å². The molecule has 0 bridgehead atoms. The predicted octanol–water partition coefficient (Wildman–Crippen LogP) is 5.76. The Morgan fingerprint density at radius 2 is 2.12 bits per heavy atom. The van der Waals surface area contributed by atoms with Gasteiger partial charge in [0.2, 0.25) is 0 Å². The van der Waals surface area contributed by atoms with Crippen molar-refractivity contribution in [3.63, 3.8) is 0 Å². The molecule has 0 radical (unpaired) electrons. The molecule has 0 atom stereocenters. The number of aryl methyl sites for hydroxylation is 1. The second-order valence-electron chi connectivity index (χ2n) is 5.18. The van der Waals surface area contributed by atoms with Crippen LogP contribution in [0.15, 0.2) is 62.7 Å². The van der Waals surface area contributed by atoms with Crippen LogP contribution >= 0.6 is 39.0 Å². The fourth-order valence-corrected chi connectivity index (χ4v) is 4.02. The number of hydrogen-bond acceptors (Lipinski definition) is 4. The summed E-state index contributed by atoms with van der Waals surface area (Å²) in [4.78, 5) is 17.9. The molecule has 0 fully saturated rings. The lowest BCUT2D eigenvalue weighted by Crippen LogP contribution is -2.13. The lowest BCUT2D eigenvalue weighted by molar-refractivity contribution is 0.102. The molecule has 0 aliphatic carbocycles. The summed E-state index contributed by atoms with van der Waals surface area (Å²) in [7, 11) is 0. The zero-order chi connectivity index (χ0) is 16.9. The first kappa shape index (κ1) is 17.2. The van der Waals surface area contributed by atoms with Crippen molar-refractivity contribution in [1.82, 2.24) is 4.98 Å². The van der Waals surface area contributed by atoms with Crippen LogP contribution in [0.2, 0.25) is 0 Å². The normalized spacial score (nSPS) is 10.6. The second kappa shape index (κ2) is 7.96. The zero-order valence-electron chi connectivity index (χ0n) is 13.0. The summed E-state index contributed by atoms with van der Waals surface area (Å²) in [6.45, 7) is 2.00. The number of amides is 1. The molecule has 0 saturated carbocycles. The molecule has 1 aromatic heterocycles. The van der Waals surface area contributed by atoms with Gasteiger partial charge in [-0.3, -0.25) is 4.79 Å². The van der Waals surface area contributed by atoms with E-state index in [0.717, 1.165) is 32.1 Å². The first-order chi connectivity index (χ1) is 11.6. The van der Waals surface area contributed by atoms with E-state index >= 15 is 0 Å². The van der Waals surface area contributed by atoms with E-state index in [1.807, 2.05) is 60.3 Å². The SMILES string of the molecule is Cc1cc(NC(=O)c2ccccc2SCc2cscn2)ccc1Br. The van der Waals surface area contributed by atoms with Crippen molar-refractivity contribution in [3.05, 3.63) is 74.6 Å². The number of anilines is 1. The maximum Gasteiger partial charge on any atom is 0.256 e. The summed E-state index contributed by atoms with van der Waals surface area (Å²) in [6, 6.07) is 13.4. The summed E-state index contributed by atoms with van der Waals surface area (Å²) >= 11 is 6.68. The van der Waals surface area contributed by atoms with Crippen LogP contribution in [0, 0.1) is 6.92 Å². The van der Waals surface area contributed by atoms with E-state index in [9.17, 15) is 4.79 Å². The van der Waals surface area contributed by atoms with Gasteiger partial charge >= 0.3 is 0 Å². The average Bonchev–Trinajstić information content (AvgIpc) is 3.10. The lowest BCUT2D eigenvalue weighted by atomic mass is 10.2. The van der Waals surface area contributed by atoms with E-state index in [1.165, 1.54) is 0 Å². The summed E-state index contributed by atoms with van der Waals surface area (Å²) in [5.74, 6) is 0.656. The Kier molecular flexibility index (Phi) is 5.71. The molecule has 6 heteroatoms. The van der Waals surface area contributed by atoms with Crippen molar-refractivity contribution in [3.8, 4) is 0 Å². The molecule has 3 aromatic rings. The number of carbonyl (C=O) groups excluding carboxylic acids is 1. The topological polar surface area (TPSA) is 42.0 Å². The summed E-state index contributed by atoms with van der Waals surface area (Å²) in [6.07, 6.45) is 0. The maximum atomic E-state index is 12.6. The van der Waals surface area contributed by atoms with Gasteiger partial charge in [0.1, 0.15) is 0 Å². The molecule has 2 aromatic carbocycles. The number of thiazole rings is 1. The molecule has 1 amide bonds. The summed E-state index contributed by atoms with van der Waals surface area (Å²) < 4.78 is 1.03. The number of thioether (sulfide) groups is 1. The lowest BCUT2D eigenvalue weighted by Gasteiger charge is -2.10. The molecule has 0 unspecified atom stereocenters. The highest BCUT2D eigenvalue weighted by molar-refractivity contribution is 9.10.